The first-order valence-electron chi connectivity index (χ1n) is 7.52. The standard InChI is InChI=1S/C15H24ClNO2S2/c1-4-15(2,3)11-5-7-12(8-6-11)17-21(18,19)14-10-9-13(16)20-14/h9-12,17H,4-8H2,1-3H3. The molecule has 1 fully saturated rings. The van der Waals surface area contributed by atoms with E-state index in [1.54, 1.807) is 12.1 Å². The Morgan fingerprint density at radius 2 is 1.90 bits per heavy atom. The molecule has 0 atom stereocenters. The van der Waals surface area contributed by atoms with Gasteiger partial charge in [-0.1, -0.05) is 38.8 Å². The van der Waals surface area contributed by atoms with Crippen LogP contribution in [0, 0.1) is 11.3 Å². The lowest BCUT2D eigenvalue weighted by Gasteiger charge is -2.38. The highest BCUT2D eigenvalue weighted by Gasteiger charge is 2.33. The van der Waals surface area contributed by atoms with Gasteiger partial charge in [-0.05, 0) is 49.1 Å². The van der Waals surface area contributed by atoms with Crippen LogP contribution in [0.1, 0.15) is 52.9 Å². The Hall–Kier alpha value is -0.100. The molecule has 1 heterocycles. The Morgan fingerprint density at radius 1 is 1.29 bits per heavy atom. The summed E-state index contributed by atoms with van der Waals surface area (Å²) in [4.78, 5) is 0. The number of sulfonamides is 1. The molecule has 0 saturated heterocycles. The molecule has 0 spiro atoms. The molecule has 0 amide bonds. The highest BCUT2D eigenvalue weighted by atomic mass is 35.5. The van der Waals surface area contributed by atoms with Crippen LogP contribution >= 0.6 is 22.9 Å². The van der Waals surface area contributed by atoms with E-state index in [-0.39, 0.29) is 6.04 Å². The number of rotatable bonds is 5. The minimum Gasteiger partial charge on any atom is -0.207 e. The van der Waals surface area contributed by atoms with E-state index in [1.165, 1.54) is 6.42 Å². The van der Waals surface area contributed by atoms with Crippen LogP contribution in [0.2, 0.25) is 4.34 Å². The molecule has 0 bridgehead atoms. The molecule has 0 radical (unpaired) electrons. The smallest absolute Gasteiger partial charge is 0.207 e. The van der Waals surface area contributed by atoms with Gasteiger partial charge in [0.15, 0.2) is 0 Å². The van der Waals surface area contributed by atoms with E-state index >= 15 is 0 Å². The highest BCUT2D eigenvalue weighted by Crippen LogP contribution is 2.40. The number of nitrogens with one attached hydrogen (secondary N) is 1. The van der Waals surface area contributed by atoms with Gasteiger partial charge in [-0.2, -0.15) is 0 Å². The number of hydrogen-bond acceptors (Lipinski definition) is 3. The second kappa shape index (κ2) is 6.57. The van der Waals surface area contributed by atoms with Crippen LogP contribution in [0.25, 0.3) is 0 Å². The van der Waals surface area contributed by atoms with E-state index < -0.39 is 10.0 Å². The minimum atomic E-state index is -3.41. The molecule has 1 N–H and O–H groups in total. The van der Waals surface area contributed by atoms with Crippen LogP contribution in [-0.4, -0.2) is 14.5 Å². The Bertz CT molecular complexity index is 572. The maximum atomic E-state index is 12.3. The first-order valence-corrected chi connectivity index (χ1v) is 10.2. The third-order valence-electron chi connectivity index (χ3n) is 4.88. The number of hydrogen-bond donors (Lipinski definition) is 1. The van der Waals surface area contributed by atoms with Crippen molar-refractivity contribution in [2.24, 2.45) is 11.3 Å². The summed E-state index contributed by atoms with van der Waals surface area (Å²) in [6.45, 7) is 6.86. The summed E-state index contributed by atoms with van der Waals surface area (Å²) in [7, 11) is -3.41. The van der Waals surface area contributed by atoms with E-state index in [1.807, 2.05) is 0 Å². The molecule has 1 aromatic rings. The summed E-state index contributed by atoms with van der Waals surface area (Å²) in [5.74, 6) is 0.694. The van der Waals surface area contributed by atoms with Gasteiger partial charge in [0.1, 0.15) is 4.21 Å². The predicted octanol–water partition coefficient (Wildman–Crippen LogP) is 4.67. The van der Waals surface area contributed by atoms with Crippen molar-refractivity contribution in [2.45, 2.75) is 63.1 Å². The zero-order chi connectivity index (χ0) is 15.7. The number of halogens is 1. The molecule has 6 heteroatoms. The molecule has 0 aliphatic heterocycles. The van der Waals surface area contributed by atoms with E-state index in [9.17, 15) is 8.42 Å². The van der Waals surface area contributed by atoms with Crippen molar-refractivity contribution in [3.05, 3.63) is 16.5 Å². The van der Waals surface area contributed by atoms with Crippen molar-refractivity contribution < 1.29 is 8.42 Å². The molecule has 0 unspecified atom stereocenters. The lowest BCUT2D eigenvalue weighted by molar-refractivity contribution is 0.142. The average Bonchev–Trinajstić information content (AvgIpc) is 2.86. The summed E-state index contributed by atoms with van der Waals surface area (Å²) in [6.07, 6.45) is 5.21. The monoisotopic (exact) mass is 349 g/mol. The van der Waals surface area contributed by atoms with Crippen LogP contribution < -0.4 is 4.72 Å². The minimum absolute atomic E-state index is 0.0554. The summed E-state index contributed by atoms with van der Waals surface area (Å²) in [5.41, 5.74) is 0.352. The summed E-state index contributed by atoms with van der Waals surface area (Å²) in [6, 6.07) is 3.25. The maximum Gasteiger partial charge on any atom is 0.250 e. The van der Waals surface area contributed by atoms with Crippen LogP contribution in [0.5, 0.6) is 0 Å². The molecule has 3 nitrogen and oxygen atoms in total. The molecular weight excluding hydrogens is 326 g/mol. The summed E-state index contributed by atoms with van der Waals surface area (Å²) >= 11 is 6.93. The SMILES string of the molecule is CCC(C)(C)C1CCC(NS(=O)(=O)c2ccc(Cl)s2)CC1. The van der Waals surface area contributed by atoms with Gasteiger partial charge in [0.25, 0.3) is 0 Å². The summed E-state index contributed by atoms with van der Waals surface area (Å²) < 4.78 is 28.2. The molecule has 1 aliphatic carbocycles. The van der Waals surface area contributed by atoms with E-state index in [0.29, 0.717) is 19.9 Å². The number of thiophene rings is 1. The second-order valence-corrected chi connectivity index (χ2v) is 10.2. The largest absolute Gasteiger partial charge is 0.250 e. The lowest BCUT2D eigenvalue weighted by atomic mass is 9.69. The van der Waals surface area contributed by atoms with E-state index in [2.05, 4.69) is 25.5 Å². The molecule has 1 saturated carbocycles. The Kier molecular flexibility index (Phi) is 5.40. The maximum absolute atomic E-state index is 12.3. The van der Waals surface area contributed by atoms with Crippen molar-refractivity contribution in [1.82, 2.24) is 4.72 Å². The van der Waals surface area contributed by atoms with Crippen LogP contribution in [0.4, 0.5) is 0 Å². The highest BCUT2D eigenvalue weighted by molar-refractivity contribution is 7.91. The van der Waals surface area contributed by atoms with Gasteiger partial charge in [0.2, 0.25) is 10.0 Å². The van der Waals surface area contributed by atoms with E-state index in [0.717, 1.165) is 37.0 Å². The third kappa shape index (κ3) is 4.21. The predicted molar refractivity (Wildman–Crippen MR) is 89.5 cm³/mol. The normalized spacial score (nSPS) is 24.2. The van der Waals surface area contributed by atoms with Gasteiger partial charge < -0.3 is 0 Å². The van der Waals surface area contributed by atoms with Gasteiger partial charge in [-0.15, -0.1) is 11.3 Å². The topological polar surface area (TPSA) is 46.2 Å². The Labute approximate surface area is 137 Å². The second-order valence-electron chi connectivity index (χ2n) is 6.57. The molecule has 1 aromatic heterocycles. The average molecular weight is 350 g/mol. The molecule has 0 aromatic carbocycles. The zero-order valence-corrected chi connectivity index (χ0v) is 15.2. The zero-order valence-electron chi connectivity index (χ0n) is 12.9. The fourth-order valence-corrected chi connectivity index (χ4v) is 5.81. The van der Waals surface area contributed by atoms with Gasteiger partial charge >= 0.3 is 0 Å². The van der Waals surface area contributed by atoms with Gasteiger partial charge in [0.05, 0.1) is 4.34 Å². The molecule has 2 rings (SSSR count). The van der Waals surface area contributed by atoms with Crippen molar-refractivity contribution in [3.8, 4) is 0 Å². The molecular formula is C15H24ClNO2S2. The fourth-order valence-electron chi connectivity index (χ4n) is 3.00. The summed E-state index contributed by atoms with van der Waals surface area (Å²) in [5, 5.41) is 0. The lowest BCUT2D eigenvalue weighted by Crippen LogP contribution is -2.39. The molecule has 1 aliphatic rings. The van der Waals surface area contributed by atoms with Crippen molar-refractivity contribution in [3.63, 3.8) is 0 Å². The Balaban J connectivity index is 1.95. The van der Waals surface area contributed by atoms with E-state index in [4.69, 9.17) is 11.6 Å². The van der Waals surface area contributed by atoms with Crippen molar-refractivity contribution in [2.75, 3.05) is 0 Å². The van der Waals surface area contributed by atoms with Gasteiger partial charge in [-0.3, -0.25) is 0 Å². The first kappa shape index (κ1) is 17.3. The van der Waals surface area contributed by atoms with Crippen molar-refractivity contribution in [1.29, 1.82) is 0 Å². The van der Waals surface area contributed by atoms with Gasteiger partial charge in [0, 0.05) is 6.04 Å². The quantitative estimate of drug-likeness (QED) is 0.839. The molecule has 120 valence electrons. The van der Waals surface area contributed by atoms with Crippen LogP contribution in [0.3, 0.4) is 0 Å². The third-order valence-corrected chi connectivity index (χ3v) is 8.12. The first-order chi connectivity index (χ1) is 9.74. The molecule has 21 heavy (non-hydrogen) atoms. The van der Waals surface area contributed by atoms with Crippen molar-refractivity contribution >= 4 is 33.0 Å². The van der Waals surface area contributed by atoms with Crippen LogP contribution in [0.15, 0.2) is 16.3 Å². The van der Waals surface area contributed by atoms with Crippen LogP contribution in [-0.2, 0) is 10.0 Å². The Morgan fingerprint density at radius 3 is 2.38 bits per heavy atom. The fraction of sp³-hybridized carbons (Fsp3) is 0.733. The van der Waals surface area contributed by atoms with Gasteiger partial charge in [-0.25, -0.2) is 13.1 Å².